The number of anilines is 1. The van der Waals surface area contributed by atoms with E-state index < -0.39 is 0 Å². The van der Waals surface area contributed by atoms with Crippen molar-refractivity contribution in [1.29, 1.82) is 0 Å². The molecule has 3 aromatic rings. The summed E-state index contributed by atoms with van der Waals surface area (Å²) >= 11 is 1.23. The van der Waals surface area contributed by atoms with Crippen molar-refractivity contribution in [2.24, 2.45) is 4.99 Å². The van der Waals surface area contributed by atoms with Gasteiger partial charge in [-0.25, -0.2) is 4.99 Å². The first-order valence-electron chi connectivity index (χ1n) is 11.0. The molecule has 2 aliphatic heterocycles. The molecule has 0 fully saturated rings. The third-order valence-corrected chi connectivity index (χ3v) is 6.47. The molecule has 178 valence electrons. The van der Waals surface area contributed by atoms with Gasteiger partial charge in [0.2, 0.25) is 12.7 Å². The number of furan rings is 1. The number of carbonyl (C=O) groups is 2. The molecule has 2 amide bonds. The smallest absolute Gasteiger partial charge is 0.283 e. The highest BCUT2D eigenvalue weighted by Crippen LogP contribution is 2.34. The molecular formula is C26H23N3O5S. The number of fused-ring (bicyclic) bond motifs is 1. The lowest BCUT2D eigenvalue weighted by molar-refractivity contribution is -0.127. The van der Waals surface area contributed by atoms with Crippen LogP contribution in [0, 0.1) is 6.92 Å². The largest absolute Gasteiger partial charge is 0.467 e. The maximum Gasteiger partial charge on any atom is 0.283 e. The van der Waals surface area contributed by atoms with Gasteiger partial charge in [0, 0.05) is 7.05 Å². The highest BCUT2D eigenvalue weighted by Gasteiger charge is 2.32. The second-order valence-corrected chi connectivity index (χ2v) is 9.07. The van der Waals surface area contributed by atoms with Gasteiger partial charge in [0.05, 0.1) is 24.2 Å². The van der Waals surface area contributed by atoms with Crippen LogP contribution in [-0.4, -0.2) is 41.5 Å². The minimum atomic E-state index is -0.259. The van der Waals surface area contributed by atoms with E-state index in [2.05, 4.69) is 4.99 Å². The van der Waals surface area contributed by atoms with Crippen LogP contribution < -0.4 is 14.4 Å². The zero-order valence-electron chi connectivity index (χ0n) is 19.3. The molecule has 0 N–H and O–H groups in total. The molecule has 1 aromatic heterocycles. The number of carbonyl (C=O) groups excluding carboxylic acids is 2. The van der Waals surface area contributed by atoms with Crippen LogP contribution in [0.1, 0.15) is 16.9 Å². The van der Waals surface area contributed by atoms with Crippen molar-refractivity contribution < 1.29 is 23.5 Å². The van der Waals surface area contributed by atoms with Crippen molar-refractivity contribution >= 4 is 40.5 Å². The standard InChI is InChI=1S/C26H23N3O5S/c1-17-5-8-19(9-6-17)29-25(31)21(12-18-7-10-22-23(13-18)34-16-33-22)27-26(29)35-15-24(30)28(2)14-20-4-3-11-32-20/h3-13H,14-16H2,1-2H3/b21-12-. The number of thioether (sulfide) groups is 1. The summed E-state index contributed by atoms with van der Waals surface area (Å²) in [7, 11) is 1.72. The zero-order valence-corrected chi connectivity index (χ0v) is 20.1. The first-order valence-corrected chi connectivity index (χ1v) is 12.0. The normalized spacial score (nSPS) is 15.6. The van der Waals surface area contributed by atoms with Crippen molar-refractivity contribution in [3.63, 3.8) is 0 Å². The summed E-state index contributed by atoms with van der Waals surface area (Å²) in [5.41, 5.74) is 2.82. The molecule has 0 saturated heterocycles. The second kappa shape index (κ2) is 9.71. The van der Waals surface area contributed by atoms with Crippen molar-refractivity contribution in [1.82, 2.24) is 4.90 Å². The summed E-state index contributed by atoms with van der Waals surface area (Å²) in [4.78, 5) is 33.9. The maximum absolute atomic E-state index is 13.4. The van der Waals surface area contributed by atoms with Gasteiger partial charge in [0.25, 0.3) is 5.91 Å². The Morgan fingerprint density at radius 1 is 1.14 bits per heavy atom. The molecule has 0 bridgehead atoms. The molecule has 0 aliphatic carbocycles. The molecule has 5 rings (SSSR count). The number of hydrogen-bond acceptors (Lipinski definition) is 7. The van der Waals surface area contributed by atoms with E-state index >= 15 is 0 Å². The molecule has 0 radical (unpaired) electrons. The van der Waals surface area contributed by atoms with Gasteiger partial charge in [-0.3, -0.25) is 14.5 Å². The van der Waals surface area contributed by atoms with Crippen LogP contribution in [0.3, 0.4) is 0 Å². The molecule has 0 atom stereocenters. The summed E-state index contributed by atoms with van der Waals surface area (Å²) in [5.74, 6) is 1.77. The summed E-state index contributed by atoms with van der Waals surface area (Å²) in [6.07, 6.45) is 3.29. The van der Waals surface area contributed by atoms with Gasteiger partial charge < -0.3 is 18.8 Å². The van der Waals surface area contributed by atoms with Gasteiger partial charge in [0.15, 0.2) is 16.7 Å². The monoisotopic (exact) mass is 489 g/mol. The highest BCUT2D eigenvalue weighted by atomic mass is 32.2. The number of amidine groups is 1. The van der Waals surface area contributed by atoms with E-state index in [0.29, 0.717) is 34.7 Å². The number of aryl methyl sites for hydroxylation is 1. The summed E-state index contributed by atoms with van der Waals surface area (Å²) in [6.45, 7) is 2.53. The molecule has 35 heavy (non-hydrogen) atoms. The van der Waals surface area contributed by atoms with E-state index in [9.17, 15) is 9.59 Å². The van der Waals surface area contributed by atoms with Gasteiger partial charge in [-0.1, -0.05) is 35.5 Å². The lowest BCUT2D eigenvalue weighted by Gasteiger charge is -2.19. The number of amides is 2. The fourth-order valence-corrected chi connectivity index (χ4v) is 4.59. The van der Waals surface area contributed by atoms with Gasteiger partial charge in [-0.15, -0.1) is 0 Å². The highest BCUT2D eigenvalue weighted by molar-refractivity contribution is 8.14. The first-order chi connectivity index (χ1) is 17.0. The Morgan fingerprint density at radius 2 is 1.94 bits per heavy atom. The van der Waals surface area contributed by atoms with Crippen molar-refractivity contribution in [3.8, 4) is 11.5 Å². The third-order valence-electron chi connectivity index (χ3n) is 5.55. The molecule has 0 unspecified atom stereocenters. The minimum absolute atomic E-state index is 0.0985. The number of aliphatic imine (C=N–C) groups is 1. The van der Waals surface area contributed by atoms with Crippen LogP contribution in [0.4, 0.5) is 5.69 Å². The summed E-state index contributed by atoms with van der Waals surface area (Å²) in [6, 6.07) is 16.7. The van der Waals surface area contributed by atoms with Crippen molar-refractivity contribution in [2.75, 3.05) is 24.5 Å². The van der Waals surface area contributed by atoms with Crippen LogP contribution >= 0.6 is 11.8 Å². The summed E-state index contributed by atoms with van der Waals surface area (Å²) in [5, 5.41) is 0.450. The molecule has 8 nitrogen and oxygen atoms in total. The van der Waals surface area contributed by atoms with Gasteiger partial charge >= 0.3 is 0 Å². The van der Waals surface area contributed by atoms with Gasteiger partial charge in [0.1, 0.15) is 11.5 Å². The average Bonchev–Trinajstić information content (AvgIpc) is 3.59. The fourth-order valence-electron chi connectivity index (χ4n) is 3.64. The number of benzene rings is 2. The minimum Gasteiger partial charge on any atom is -0.467 e. The number of rotatable bonds is 6. The fraction of sp³-hybridized carbons (Fsp3) is 0.192. The molecule has 3 heterocycles. The van der Waals surface area contributed by atoms with E-state index in [1.807, 2.05) is 49.4 Å². The topological polar surface area (TPSA) is 84.6 Å². The van der Waals surface area contributed by atoms with Crippen LogP contribution in [0.25, 0.3) is 6.08 Å². The molecular weight excluding hydrogens is 466 g/mol. The Kier molecular flexibility index (Phi) is 6.33. The Hall–Kier alpha value is -3.98. The molecule has 2 aromatic carbocycles. The Morgan fingerprint density at radius 3 is 2.71 bits per heavy atom. The Labute approximate surface area is 206 Å². The number of ether oxygens (including phenoxy) is 2. The van der Waals surface area contributed by atoms with Crippen LogP contribution in [0.15, 0.2) is 76.0 Å². The van der Waals surface area contributed by atoms with Crippen molar-refractivity contribution in [3.05, 3.63) is 83.4 Å². The van der Waals surface area contributed by atoms with Gasteiger partial charge in [-0.05, 0) is 55.0 Å². The molecule has 9 heteroatoms. The third kappa shape index (κ3) is 4.95. The van der Waals surface area contributed by atoms with E-state index in [1.165, 1.54) is 11.8 Å². The molecule has 0 spiro atoms. The predicted molar refractivity (Wildman–Crippen MR) is 134 cm³/mol. The second-order valence-electron chi connectivity index (χ2n) is 8.13. The molecule has 2 aliphatic rings. The first kappa shape index (κ1) is 22.8. The quantitative estimate of drug-likeness (QED) is 0.476. The number of nitrogens with zero attached hydrogens (tertiary/aromatic N) is 3. The maximum atomic E-state index is 13.4. The van der Waals surface area contributed by atoms with E-state index in [0.717, 1.165) is 11.1 Å². The SMILES string of the molecule is Cc1ccc(N2C(=O)/C(=C/c3ccc4c(c3)OCO4)N=C2SCC(=O)N(C)Cc2ccco2)cc1. The van der Waals surface area contributed by atoms with Crippen molar-refractivity contribution in [2.45, 2.75) is 13.5 Å². The molecule has 0 saturated carbocycles. The van der Waals surface area contributed by atoms with Crippen LogP contribution in [-0.2, 0) is 16.1 Å². The number of hydrogen-bond donors (Lipinski definition) is 0. The van der Waals surface area contributed by atoms with E-state index in [1.54, 1.807) is 41.3 Å². The lowest BCUT2D eigenvalue weighted by atomic mass is 10.1. The zero-order chi connectivity index (χ0) is 24.4. The van der Waals surface area contributed by atoms with Gasteiger partial charge in [-0.2, -0.15) is 0 Å². The van der Waals surface area contributed by atoms with Crippen LogP contribution in [0.2, 0.25) is 0 Å². The van der Waals surface area contributed by atoms with E-state index in [-0.39, 0.29) is 30.1 Å². The van der Waals surface area contributed by atoms with E-state index in [4.69, 9.17) is 13.9 Å². The Balaban J connectivity index is 1.38. The Bertz CT molecular complexity index is 1320. The summed E-state index contributed by atoms with van der Waals surface area (Å²) < 4.78 is 16.1. The predicted octanol–water partition coefficient (Wildman–Crippen LogP) is 4.45. The van der Waals surface area contributed by atoms with Crippen LogP contribution in [0.5, 0.6) is 11.5 Å². The average molecular weight is 490 g/mol. The lowest BCUT2D eigenvalue weighted by Crippen LogP contribution is -2.32.